The van der Waals surface area contributed by atoms with Crippen LogP contribution in [-0.2, 0) is 21.8 Å². The zero-order valence-corrected chi connectivity index (χ0v) is 20.1. The van der Waals surface area contributed by atoms with E-state index < -0.39 is 6.04 Å². The zero-order valence-electron chi connectivity index (χ0n) is 18.5. The highest BCUT2D eigenvalue weighted by atomic mass is 35.5. The fraction of sp³-hybridized carbons (Fsp3) is 0.440. The molecule has 2 rings (SSSR count). The number of benzene rings is 2. The highest BCUT2D eigenvalue weighted by Gasteiger charge is 2.27. The molecular formula is C25H33ClN2O2S. The molecule has 2 amide bonds. The molecule has 0 saturated carbocycles. The molecule has 2 aromatic carbocycles. The zero-order chi connectivity index (χ0) is 22.5. The first kappa shape index (κ1) is 25.3. The van der Waals surface area contributed by atoms with Crippen molar-refractivity contribution in [3.05, 3.63) is 70.7 Å². The third kappa shape index (κ3) is 8.58. The topological polar surface area (TPSA) is 49.4 Å². The molecule has 0 aliphatic heterocycles. The van der Waals surface area contributed by atoms with Gasteiger partial charge in [-0.25, -0.2) is 0 Å². The molecule has 0 fully saturated rings. The Morgan fingerprint density at radius 3 is 2.45 bits per heavy atom. The van der Waals surface area contributed by atoms with Gasteiger partial charge in [-0.3, -0.25) is 9.59 Å². The van der Waals surface area contributed by atoms with E-state index in [1.54, 1.807) is 4.90 Å². The molecule has 0 aliphatic rings. The van der Waals surface area contributed by atoms with Gasteiger partial charge >= 0.3 is 0 Å². The van der Waals surface area contributed by atoms with Gasteiger partial charge in [0, 0.05) is 23.9 Å². The lowest BCUT2D eigenvalue weighted by Crippen LogP contribution is -2.50. The van der Waals surface area contributed by atoms with Crippen molar-refractivity contribution in [1.29, 1.82) is 0 Å². The minimum atomic E-state index is -0.450. The maximum atomic E-state index is 13.2. The van der Waals surface area contributed by atoms with Gasteiger partial charge < -0.3 is 10.2 Å². The minimum Gasteiger partial charge on any atom is -0.354 e. The highest BCUT2D eigenvalue weighted by molar-refractivity contribution is 7.99. The van der Waals surface area contributed by atoms with Gasteiger partial charge in [-0.2, -0.15) is 0 Å². The lowest BCUT2D eigenvalue weighted by atomic mass is 10.1. The number of rotatable bonds is 13. The summed E-state index contributed by atoms with van der Waals surface area (Å²) in [5.41, 5.74) is 2.17. The van der Waals surface area contributed by atoms with Crippen LogP contribution in [0.3, 0.4) is 0 Å². The molecule has 1 N–H and O–H groups in total. The van der Waals surface area contributed by atoms with Crippen molar-refractivity contribution in [3.63, 3.8) is 0 Å². The van der Waals surface area contributed by atoms with Crippen molar-refractivity contribution < 1.29 is 9.59 Å². The minimum absolute atomic E-state index is 0.00882. The maximum absolute atomic E-state index is 13.2. The van der Waals surface area contributed by atoms with E-state index in [0.29, 0.717) is 36.0 Å². The summed E-state index contributed by atoms with van der Waals surface area (Å²) >= 11 is 7.77. The number of halogens is 1. The number of nitrogens with one attached hydrogen (secondary N) is 1. The number of unbranched alkanes of at least 4 members (excludes halogenated alkanes) is 1. The second-order valence-corrected chi connectivity index (χ2v) is 8.87. The SMILES string of the molecule is CCCCNC(=O)[C@H](CC)N(CCc1ccccc1)C(=O)CSCc1ccccc1Cl. The lowest BCUT2D eigenvalue weighted by molar-refractivity contribution is -0.138. The van der Waals surface area contributed by atoms with Crippen molar-refractivity contribution in [2.45, 2.75) is 51.3 Å². The molecule has 0 saturated heterocycles. The molecule has 0 unspecified atom stereocenters. The number of hydrogen-bond donors (Lipinski definition) is 1. The number of nitrogens with zero attached hydrogens (tertiary/aromatic N) is 1. The third-order valence-corrected chi connectivity index (χ3v) is 6.48. The molecule has 0 radical (unpaired) electrons. The molecule has 0 bridgehead atoms. The van der Waals surface area contributed by atoms with Gasteiger partial charge in [0.05, 0.1) is 5.75 Å². The Kier molecular flexibility index (Phi) is 11.5. The van der Waals surface area contributed by atoms with Gasteiger partial charge in [0.2, 0.25) is 11.8 Å². The second-order valence-electron chi connectivity index (χ2n) is 7.48. The Balaban J connectivity index is 2.04. The van der Waals surface area contributed by atoms with E-state index in [1.807, 2.05) is 49.4 Å². The number of carbonyl (C=O) groups excluding carboxylic acids is 2. The lowest BCUT2D eigenvalue weighted by Gasteiger charge is -2.30. The summed E-state index contributed by atoms with van der Waals surface area (Å²) in [5, 5.41) is 3.71. The Morgan fingerprint density at radius 1 is 1.06 bits per heavy atom. The van der Waals surface area contributed by atoms with Crippen molar-refractivity contribution >= 4 is 35.2 Å². The molecule has 0 aliphatic carbocycles. The van der Waals surface area contributed by atoms with E-state index in [4.69, 9.17) is 11.6 Å². The van der Waals surface area contributed by atoms with Crippen LogP contribution in [0.5, 0.6) is 0 Å². The predicted molar refractivity (Wildman–Crippen MR) is 131 cm³/mol. The van der Waals surface area contributed by atoms with Crippen molar-refractivity contribution in [2.24, 2.45) is 0 Å². The molecule has 6 heteroatoms. The van der Waals surface area contributed by atoms with Crippen LogP contribution in [-0.4, -0.2) is 41.6 Å². The Hall–Kier alpha value is -1.98. The van der Waals surface area contributed by atoms with E-state index in [1.165, 1.54) is 11.8 Å². The van der Waals surface area contributed by atoms with Crippen molar-refractivity contribution in [3.8, 4) is 0 Å². The smallest absolute Gasteiger partial charge is 0.242 e. The predicted octanol–water partition coefficient (Wildman–Crippen LogP) is 5.34. The number of amides is 2. The first-order valence-corrected chi connectivity index (χ1v) is 12.5. The van der Waals surface area contributed by atoms with Crippen molar-refractivity contribution in [1.82, 2.24) is 10.2 Å². The van der Waals surface area contributed by atoms with Crippen molar-refractivity contribution in [2.75, 3.05) is 18.8 Å². The van der Waals surface area contributed by atoms with Crippen LogP contribution in [0.2, 0.25) is 5.02 Å². The highest BCUT2D eigenvalue weighted by Crippen LogP contribution is 2.21. The summed E-state index contributed by atoms with van der Waals surface area (Å²) in [6.07, 6.45) is 3.27. The monoisotopic (exact) mass is 460 g/mol. The van der Waals surface area contributed by atoms with Crippen LogP contribution < -0.4 is 5.32 Å². The molecule has 0 aromatic heterocycles. The fourth-order valence-electron chi connectivity index (χ4n) is 3.35. The maximum Gasteiger partial charge on any atom is 0.242 e. The Morgan fingerprint density at radius 2 is 1.77 bits per heavy atom. The average Bonchev–Trinajstić information content (AvgIpc) is 2.78. The average molecular weight is 461 g/mol. The molecule has 2 aromatic rings. The van der Waals surface area contributed by atoms with Crippen LogP contribution in [0, 0.1) is 0 Å². The van der Waals surface area contributed by atoms with Gasteiger partial charge in [-0.1, -0.05) is 80.4 Å². The van der Waals surface area contributed by atoms with Crippen LogP contribution in [0.4, 0.5) is 0 Å². The fourth-order valence-corrected chi connectivity index (χ4v) is 4.54. The molecular weight excluding hydrogens is 428 g/mol. The first-order valence-electron chi connectivity index (χ1n) is 11.0. The standard InChI is InChI=1S/C25H33ClN2O2S/c1-3-5-16-27-25(30)23(4-2)28(17-15-20-11-7-6-8-12-20)24(29)19-31-18-21-13-9-10-14-22(21)26/h6-14,23H,3-5,15-19H2,1-2H3,(H,27,30)/t23-/m0/s1. The molecule has 0 heterocycles. The summed E-state index contributed by atoms with van der Waals surface area (Å²) in [5.74, 6) is 0.912. The van der Waals surface area contributed by atoms with Gasteiger partial charge in [0.1, 0.15) is 6.04 Å². The normalized spacial score (nSPS) is 11.7. The Bertz CT molecular complexity index is 816. The first-order chi connectivity index (χ1) is 15.1. The van der Waals surface area contributed by atoms with Crippen LogP contribution in [0.1, 0.15) is 44.2 Å². The van der Waals surface area contributed by atoms with Crippen LogP contribution in [0.25, 0.3) is 0 Å². The summed E-state index contributed by atoms with van der Waals surface area (Å²) < 4.78 is 0. The number of hydrogen-bond acceptors (Lipinski definition) is 3. The molecule has 0 spiro atoms. The van der Waals surface area contributed by atoms with Gasteiger partial charge in [-0.15, -0.1) is 11.8 Å². The third-order valence-electron chi connectivity index (χ3n) is 5.14. The summed E-state index contributed by atoms with van der Waals surface area (Å²) in [6, 6.07) is 17.3. The van der Waals surface area contributed by atoms with E-state index >= 15 is 0 Å². The summed E-state index contributed by atoms with van der Waals surface area (Å²) in [7, 11) is 0. The number of thioether (sulfide) groups is 1. The second kappa shape index (κ2) is 14.2. The number of carbonyl (C=O) groups is 2. The van der Waals surface area contributed by atoms with E-state index in [-0.39, 0.29) is 11.8 Å². The van der Waals surface area contributed by atoms with Crippen LogP contribution in [0.15, 0.2) is 54.6 Å². The Labute approximate surface area is 195 Å². The summed E-state index contributed by atoms with van der Waals surface area (Å²) in [4.78, 5) is 27.7. The van der Waals surface area contributed by atoms with E-state index in [2.05, 4.69) is 24.4 Å². The summed E-state index contributed by atoms with van der Waals surface area (Å²) in [6.45, 7) is 5.22. The van der Waals surface area contributed by atoms with Gasteiger partial charge in [0.15, 0.2) is 0 Å². The van der Waals surface area contributed by atoms with Gasteiger partial charge in [0.25, 0.3) is 0 Å². The van der Waals surface area contributed by atoms with Crippen LogP contribution >= 0.6 is 23.4 Å². The largest absolute Gasteiger partial charge is 0.354 e. The molecule has 4 nitrogen and oxygen atoms in total. The van der Waals surface area contributed by atoms with E-state index in [0.717, 1.165) is 30.4 Å². The molecule has 1 atom stereocenters. The quantitative estimate of drug-likeness (QED) is 0.410. The van der Waals surface area contributed by atoms with E-state index in [9.17, 15) is 9.59 Å². The molecule has 168 valence electrons. The molecule has 31 heavy (non-hydrogen) atoms. The van der Waals surface area contributed by atoms with Gasteiger partial charge in [-0.05, 0) is 36.5 Å².